The molecule has 100 valence electrons. The molecule has 0 aromatic heterocycles. The Morgan fingerprint density at radius 1 is 0.941 bits per heavy atom. The van der Waals surface area contributed by atoms with Gasteiger partial charge in [-0.1, -0.05) is 13.8 Å². The van der Waals surface area contributed by atoms with Crippen molar-refractivity contribution >= 4 is 11.9 Å². The fourth-order valence-electron chi connectivity index (χ4n) is 1.31. The van der Waals surface area contributed by atoms with Crippen LogP contribution in [-0.4, -0.2) is 24.1 Å². The Kier molecular flexibility index (Phi) is 7.59. The van der Waals surface area contributed by atoms with Crippen LogP contribution in [0.3, 0.4) is 0 Å². The second-order valence-electron chi connectivity index (χ2n) is 4.76. The van der Waals surface area contributed by atoms with Gasteiger partial charge in [0, 0.05) is 12.8 Å². The Balaban J connectivity index is 3.89. The lowest BCUT2D eigenvalue weighted by Gasteiger charge is -2.14. The Morgan fingerprint density at radius 2 is 1.41 bits per heavy atom. The number of rotatable bonds is 7. The van der Waals surface area contributed by atoms with Crippen LogP contribution in [0.1, 0.15) is 53.9 Å². The van der Waals surface area contributed by atoms with Gasteiger partial charge in [0.25, 0.3) is 0 Å². The quantitative estimate of drug-likeness (QED) is 0.646. The Bertz CT molecular complexity index is 248. The van der Waals surface area contributed by atoms with E-state index in [1.54, 1.807) is 13.8 Å². The Labute approximate surface area is 104 Å². The van der Waals surface area contributed by atoms with Crippen molar-refractivity contribution in [2.45, 2.75) is 66.1 Å². The minimum Gasteiger partial charge on any atom is -0.463 e. The van der Waals surface area contributed by atoms with E-state index in [-0.39, 0.29) is 42.9 Å². The predicted octanol–water partition coefficient (Wildman–Crippen LogP) is 2.70. The molecular formula is C13H24O4. The van der Waals surface area contributed by atoms with Crippen molar-refractivity contribution in [1.82, 2.24) is 0 Å². The normalized spacial score (nSPS) is 14.2. The van der Waals surface area contributed by atoms with Gasteiger partial charge in [-0.05, 0) is 33.1 Å². The maximum Gasteiger partial charge on any atom is 0.306 e. The van der Waals surface area contributed by atoms with E-state index < -0.39 is 0 Å². The predicted molar refractivity (Wildman–Crippen MR) is 65.5 cm³/mol. The van der Waals surface area contributed by atoms with Gasteiger partial charge in [-0.3, -0.25) is 9.59 Å². The molecule has 0 saturated carbocycles. The molecule has 0 radical (unpaired) electrons. The molecule has 4 heteroatoms. The van der Waals surface area contributed by atoms with E-state index in [9.17, 15) is 9.59 Å². The van der Waals surface area contributed by atoms with Gasteiger partial charge in [0.2, 0.25) is 0 Å². The summed E-state index contributed by atoms with van der Waals surface area (Å²) in [6.45, 7) is 9.27. The summed E-state index contributed by atoms with van der Waals surface area (Å²) in [7, 11) is 0. The van der Waals surface area contributed by atoms with E-state index in [0.717, 1.165) is 6.42 Å². The highest BCUT2D eigenvalue weighted by Crippen LogP contribution is 2.12. The average molecular weight is 244 g/mol. The van der Waals surface area contributed by atoms with Crippen molar-refractivity contribution in [3.63, 3.8) is 0 Å². The molecule has 4 nitrogen and oxygen atoms in total. The molecular weight excluding hydrogens is 220 g/mol. The lowest BCUT2D eigenvalue weighted by molar-refractivity contribution is -0.151. The van der Waals surface area contributed by atoms with E-state index in [2.05, 4.69) is 0 Å². The highest BCUT2D eigenvalue weighted by Gasteiger charge is 2.17. The number of hydrogen-bond donors (Lipinski definition) is 0. The molecule has 0 aromatic carbocycles. The topological polar surface area (TPSA) is 52.6 Å². The first-order chi connectivity index (χ1) is 7.85. The van der Waals surface area contributed by atoms with Crippen LogP contribution in [0, 0.1) is 5.92 Å². The van der Waals surface area contributed by atoms with Crippen LogP contribution in [-0.2, 0) is 19.1 Å². The lowest BCUT2D eigenvalue weighted by Crippen LogP contribution is -2.19. The highest BCUT2D eigenvalue weighted by molar-refractivity contribution is 5.73. The number of hydrogen-bond acceptors (Lipinski definition) is 4. The molecule has 0 bridgehead atoms. The monoisotopic (exact) mass is 244 g/mol. The summed E-state index contributed by atoms with van der Waals surface area (Å²) in [5, 5.41) is 0. The molecule has 0 aliphatic rings. The van der Waals surface area contributed by atoms with E-state index in [0.29, 0.717) is 0 Å². The number of carbonyl (C=O) groups is 2. The minimum absolute atomic E-state index is 0.0437. The summed E-state index contributed by atoms with van der Waals surface area (Å²) in [5.41, 5.74) is 0. The molecule has 0 heterocycles. The van der Waals surface area contributed by atoms with Crippen molar-refractivity contribution in [1.29, 1.82) is 0 Å². The average Bonchev–Trinajstić information content (AvgIpc) is 2.14. The second kappa shape index (κ2) is 8.09. The second-order valence-corrected chi connectivity index (χ2v) is 4.76. The van der Waals surface area contributed by atoms with Gasteiger partial charge in [0.1, 0.15) is 0 Å². The standard InChI is InChI=1S/C13H24O4/c1-6-11(5)17-13(15)8-10(4)7-12(14)16-9(2)3/h9-11H,6-8H2,1-5H3. The molecule has 0 N–H and O–H groups in total. The van der Waals surface area contributed by atoms with Crippen molar-refractivity contribution in [3.8, 4) is 0 Å². The fraction of sp³-hybridized carbons (Fsp3) is 0.846. The third-order valence-electron chi connectivity index (χ3n) is 2.30. The van der Waals surface area contributed by atoms with Gasteiger partial charge >= 0.3 is 11.9 Å². The first-order valence-corrected chi connectivity index (χ1v) is 6.24. The van der Waals surface area contributed by atoms with Crippen LogP contribution in [0.4, 0.5) is 0 Å². The van der Waals surface area contributed by atoms with Crippen LogP contribution >= 0.6 is 0 Å². The molecule has 2 unspecified atom stereocenters. The van der Waals surface area contributed by atoms with Gasteiger partial charge in [0.05, 0.1) is 12.2 Å². The summed E-state index contributed by atoms with van der Waals surface area (Å²) in [6.07, 6.45) is 1.15. The number of esters is 2. The molecule has 0 rings (SSSR count). The zero-order chi connectivity index (χ0) is 13.4. The third-order valence-corrected chi connectivity index (χ3v) is 2.30. The third kappa shape index (κ3) is 8.72. The van der Waals surface area contributed by atoms with Crippen LogP contribution in [0.2, 0.25) is 0 Å². The number of carbonyl (C=O) groups excluding carboxylic acids is 2. The van der Waals surface area contributed by atoms with E-state index in [4.69, 9.17) is 9.47 Å². The van der Waals surface area contributed by atoms with Gasteiger partial charge < -0.3 is 9.47 Å². The van der Waals surface area contributed by atoms with E-state index in [1.807, 2.05) is 20.8 Å². The first kappa shape index (κ1) is 15.9. The molecule has 2 atom stereocenters. The van der Waals surface area contributed by atoms with Crippen LogP contribution in [0.5, 0.6) is 0 Å². The van der Waals surface area contributed by atoms with Gasteiger partial charge in [-0.2, -0.15) is 0 Å². The first-order valence-electron chi connectivity index (χ1n) is 6.24. The zero-order valence-electron chi connectivity index (χ0n) is 11.5. The molecule has 0 aliphatic heterocycles. The number of ether oxygens (including phenoxy) is 2. The molecule has 0 amide bonds. The summed E-state index contributed by atoms with van der Waals surface area (Å²) in [6, 6.07) is 0. The summed E-state index contributed by atoms with van der Waals surface area (Å²) >= 11 is 0. The molecule has 0 saturated heterocycles. The largest absolute Gasteiger partial charge is 0.463 e. The Morgan fingerprint density at radius 3 is 1.82 bits per heavy atom. The zero-order valence-corrected chi connectivity index (χ0v) is 11.5. The van der Waals surface area contributed by atoms with Crippen LogP contribution in [0.25, 0.3) is 0 Å². The van der Waals surface area contributed by atoms with Crippen molar-refractivity contribution in [3.05, 3.63) is 0 Å². The smallest absolute Gasteiger partial charge is 0.306 e. The molecule has 0 fully saturated rings. The molecule has 0 aliphatic carbocycles. The lowest BCUT2D eigenvalue weighted by atomic mass is 10.0. The Hall–Kier alpha value is -1.06. The van der Waals surface area contributed by atoms with Gasteiger partial charge in [-0.15, -0.1) is 0 Å². The van der Waals surface area contributed by atoms with Gasteiger partial charge in [0.15, 0.2) is 0 Å². The molecule has 0 spiro atoms. The molecule has 0 aromatic rings. The molecule has 17 heavy (non-hydrogen) atoms. The summed E-state index contributed by atoms with van der Waals surface area (Å²) < 4.78 is 10.2. The summed E-state index contributed by atoms with van der Waals surface area (Å²) in [4.78, 5) is 22.8. The van der Waals surface area contributed by atoms with Crippen LogP contribution < -0.4 is 0 Å². The minimum atomic E-state index is -0.260. The van der Waals surface area contributed by atoms with Crippen molar-refractivity contribution in [2.24, 2.45) is 5.92 Å². The van der Waals surface area contributed by atoms with E-state index >= 15 is 0 Å². The summed E-state index contributed by atoms with van der Waals surface area (Å²) in [5.74, 6) is -0.550. The van der Waals surface area contributed by atoms with Crippen molar-refractivity contribution in [2.75, 3.05) is 0 Å². The van der Waals surface area contributed by atoms with Crippen LogP contribution in [0.15, 0.2) is 0 Å². The fourth-order valence-corrected chi connectivity index (χ4v) is 1.31. The maximum absolute atomic E-state index is 11.5. The maximum atomic E-state index is 11.5. The van der Waals surface area contributed by atoms with E-state index in [1.165, 1.54) is 0 Å². The SMILES string of the molecule is CCC(C)OC(=O)CC(C)CC(=O)OC(C)C. The highest BCUT2D eigenvalue weighted by atomic mass is 16.5. The van der Waals surface area contributed by atoms with Gasteiger partial charge in [-0.25, -0.2) is 0 Å². The van der Waals surface area contributed by atoms with Crippen molar-refractivity contribution < 1.29 is 19.1 Å².